The normalized spacial score (nSPS) is 12.3. The van der Waals surface area contributed by atoms with Gasteiger partial charge in [-0.3, -0.25) is 4.21 Å². The number of nitrogens with two attached hydrogens (primary N) is 1. The van der Waals surface area contributed by atoms with Gasteiger partial charge in [-0.15, -0.1) is 0 Å². The summed E-state index contributed by atoms with van der Waals surface area (Å²) in [4.78, 5) is 7.53. The lowest BCUT2D eigenvalue weighted by Crippen LogP contribution is -2.06. The van der Waals surface area contributed by atoms with Gasteiger partial charge < -0.3 is 20.2 Å². The molecule has 6 nitrogen and oxygen atoms in total. The number of methoxy groups -OCH3 is 2. The third-order valence-corrected chi connectivity index (χ3v) is 5.41. The summed E-state index contributed by atoms with van der Waals surface area (Å²) in [7, 11) is 1.87. The van der Waals surface area contributed by atoms with Crippen molar-refractivity contribution in [3.8, 4) is 11.5 Å². The predicted molar refractivity (Wildman–Crippen MR) is 99.6 cm³/mol. The van der Waals surface area contributed by atoms with Crippen molar-refractivity contribution in [1.29, 1.82) is 0 Å². The highest BCUT2D eigenvalue weighted by molar-refractivity contribution is 7.84. The fourth-order valence-corrected chi connectivity index (χ4v) is 4.15. The van der Waals surface area contributed by atoms with E-state index in [1.54, 1.807) is 14.2 Å². The van der Waals surface area contributed by atoms with E-state index in [0.29, 0.717) is 10.8 Å². The lowest BCUT2D eigenvalue weighted by molar-refractivity contribution is 0.408. The van der Waals surface area contributed by atoms with Gasteiger partial charge in [0.1, 0.15) is 11.5 Å². The van der Waals surface area contributed by atoms with Crippen LogP contribution in [0.4, 0.5) is 5.69 Å². The Bertz CT molecular complexity index is 966. The summed E-state index contributed by atoms with van der Waals surface area (Å²) in [5, 5.41) is 0.418. The molecular formula is C18H21N3O3S. The number of rotatable bonds is 5. The molecule has 3 N–H and O–H groups in total. The second-order valence-electron chi connectivity index (χ2n) is 5.83. The van der Waals surface area contributed by atoms with Crippen LogP contribution in [0.15, 0.2) is 29.4 Å². The fourth-order valence-electron chi connectivity index (χ4n) is 2.94. The van der Waals surface area contributed by atoms with Crippen LogP contribution in [0.2, 0.25) is 0 Å². The minimum Gasteiger partial charge on any atom is -0.497 e. The van der Waals surface area contributed by atoms with Gasteiger partial charge in [0.05, 0.1) is 41.8 Å². The van der Waals surface area contributed by atoms with Gasteiger partial charge in [0.15, 0.2) is 5.16 Å². The molecule has 0 aliphatic rings. The SMILES string of the molecule is COc1ccc2nc(S(=O)Cc3c(N)cc(C)c(OC)c3C)[nH]c2c1. The Labute approximate surface area is 148 Å². The number of aryl methyl sites for hydroxylation is 1. The van der Waals surface area contributed by atoms with E-state index in [1.165, 1.54) is 0 Å². The van der Waals surface area contributed by atoms with E-state index in [9.17, 15) is 4.21 Å². The van der Waals surface area contributed by atoms with E-state index in [0.717, 1.165) is 39.2 Å². The number of H-pyrrole nitrogens is 1. The second kappa shape index (κ2) is 6.76. The Morgan fingerprint density at radius 2 is 1.96 bits per heavy atom. The number of nitrogen functional groups attached to an aromatic ring is 1. The molecular weight excluding hydrogens is 338 g/mol. The molecule has 0 saturated carbocycles. The van der Waals surface area contributed by atoms with Crippen LogP contribution in [-0.2, 0) is 16.6 Å². The van der Waals surface area contributed by atoms with Gasteiger partial charge in [-0.25, -0.2) is 4.98 Å². The summed E-state index contributed by atoms with van der Waals surface area (Å²) in [5.74, 6) is 1.76. The molecule has 0 radical (unpaired) electrons. The summed E-state index contributed by atoms with van der Waals surface area (Å²) in [6.07, 6.45) is 0. The maximum absolute atomic E-state index is 12.8. The molecule has 0 bridgehead atoms. The van der Waals surface area contributed by atoms with Crippen LogP contribution in [0.5, 0.6) is 11.5 Å². The van der Waals surface area contributed by atoms with E-state index in [1.807, 2.05) is 38.1 Å². The van der Waals surface area contributed by atoms with Crippen LogP contribution < -0.4 is 15.2 Å². The zero-order valence-electron chi connectivity index (χ0n) is 14.7. The first-order chi connectivity index (χ1) is 11.9. The van der Waals surface area contributed by atoms with E-state index < -0.39 is 10.8 Å². The maximum atomic E-state index is 12.8. The van der Waals surface area contributed by atoms with Gasteiger partial charge in [-0.05, 0) is 48.7 Å². The molecule has 0 fully saturated rings. The maximum Gasteiger partial charge on any atom is 0.197 e. The molecule has 3 rings (SSSR count). The van der Waals surface area contributed by atoms with Crippen LogP contribution in [0.1, 0.15) is 16.7 Å². The van der Waals surface area contributed by atoms with Crippen molar-refractivity contribution >= 4 is 27.5 Å². The highest BCUT2D eigenvalue weighted by Gasteiger charge is 2.17. The number of aromatic nitrogens is 2. The Morgan fingerprint density at radius 3 is 2.64 bits per heavy atom. The molecule has 0 aliphatic heterocycles. The number of nitrogens with zero attached hydrogens (tertiary/aromatic N) is 1. The highest BCUT2D eigenvalue weighted by Crippen LogP contribution is 2.32. The van der Waals surface area contributed by atoms with Crippen LogP contribution in [-0.4, -0.2) is 28.4 Å². The first-order valence-corrected chi connectivity index (χ1v) is 9.11. The topological polar surface area (TPSA) is 90.2 Å². The molecule has 1 aromatic heterocycles. The van der Waals surface area contributed by atoms with Crippen molar-refractivity contribution in [3.63, 3.8) is 0 Å². The molecule has 0 saturated heterocycles. The third-order valence-electron chi connectivity index (χ3n) is 4.23. The van der Waals surface area contributed by atoms with Crippen molar-refractivity contribution in [1.82, 2.24) is 9.97 Å². The lowest BCUT2D eigenvalue weighted by atomic mass is 10.0. The van der Waals surface area contributed by atoms with Gasteiger partial charge in [0.25, 0.3) is 0 Å². The Morgan fingerprint density at radius 1 is 1.20 bits per heavy atom. The van der Waals surface area contributed by atoms with Crippen molar-refractivity contribution in [3.05, 3.63) is 41.0 Å². The standard InChI is InChI=1S/C18H21N3O3S/c1-10-7-14(19)13(11(2)17(10)24-4)9-25(22)18-20-15-6-5-12(23-3)8-16(15)21-18/h5-8H,9,19H2,1-4H3,(H,20,21). The van der Waals surface area contributed by atoms with E-state index >= 15 is 0 Å². The quantitative estimate of drug-likeness (QED) is 0.683. The molecule has 1 atom stereocenters. The summed E-state index contributed by atoms with van der Waals surface area (Å²) in [6.45, 7) is 3.87. The third kappa shape index (κ3) is 3.19. The smallest absolute Gasteiger partial charge is 0.197 e. The minimum atomic E-state index is -1.36. The first kappa shape index (κ1) is 17.3. The van der Waals surface area contributed by atoms with Crippen molar-refractivity contribution in [2.45, 2.75) is 24.8 Å². The highest BCUT2D eigenvalue weighted by atomic mass is 32.2. The number of benzene rings is 2. The van der Waals surface area contributed by atoms with E-state index in [2.05, 4.69) is 9.97 Å². The molecule has 1 heterocycles. The molecule has 25 heavy (non-hydrogen) atoms. The summed E-state index contributed by atoms with van der Waals surface area (Å²) < 4.78 is 23.5. The zero-order valence-corrected chi connectivity index (χ0v) is 15.5. The number of nitrogens with one attached hydrogen (secondary N) is 1. The van der Waals surface area contributed by atoms with Crippen molar-refractivity contribution in [2.24, 2.45) is 0 Å². The van der Waals surface area contributed by atoms with Gasteiger partial charge in [-0.1, -0.05) is 0 Å². The monoisotopic (exact) mass is 359 g/mol. The molecule has 1 unspecified atom stereocenters. The number of hydrogen-bond donors (Lipinski definition) is 2. The number of hydrogen-bond acceptors (Lipinski definition) is 5. The summed E-state index contributed by atoms with van der Waals surface area (Å²) >= 11 is 0. The number of aromatic amines is 1. The van der Waals surface area contributed by atoms with Crippen LogP contribution in [0, 0.1) is 13.8 Å². The van der Waals surface area contributed by atoms with Gasteiger partial charge in [0, 0.05) is 11.8 Å². The van der Waals surface area contributed by atoms with Crippen LogP contribution in [0.25, 0.3) is 11.0 Å². The molecule has 2 aromatic carbocycles. The number of fused-ring (bicyclic) bond motifs is 1. The van der Waals surface area contributed by atoms with E-state index in [-0.39, 0.29) is 5.75 Å². The largest absolute Gasteiger partial charge is 0.497 e. The number of anilines is 1. The Hall–Kier alpha value is -2.54. The molecule has 0 spiro atoms. The Balaban J connectivity index is 1.95. The lowest BCUT2D eigenvalue weighted by Gasteiger charge is -2.15. The van der Waals surface area contributed by atoms with Crippen molar-refractivity contribution < 1.29 is 13.7 Å². The average molecular weight is 359 g/mol. The van der Waals surface area contributed by atoms with Gasteiger partial charge >= 0.3 is 0 Å². The van der Waals surface area contributed by atoms with Crippen LogP contribution in [0.3, 0.4) is 0 Å². The fraction of sp³-hybridized carbons (Fsp3) is 0.278. The van der Waals surface area contributed by atoms with Gasteiger partial charge in [-0.2, -0.15) is 0 Å². The molecule has 0 aliphatic carbocycles. The predicted octanol–water partition coefficient (Wildman–Crippen LogP) is 3.09. The second-order valence-corrected chi connectivity index (χ2v) is 7.20. The van der Waals surface area contributed by atoms with Gasteiger partial charge in [0.2, 0.25) is 0 Å². The molecule has 3 aromatic rings. The van der Waals surface area contributed by atoms with Crippen molar-refractivity contribution in [2.75, 3.05) is 20.0 Å². The Kier molecular flexibility index (Phi) is 4.67. The summed E-state index contributed by atoms with van der Waals surface area (Å²) in [5.41, 5.74) is 11.0. The molecule has 7 heteroatoms. The van der Waals surface area contributed by atoms with Crippen LogP contribution >= 0.6 is 0 Å². The first-order valence-electron chi connectivity index (χ1n) is 7.79. The zero-order chi connectivity index (χ0) is 18.1. The molecule has 132 valence electrons. The summed E-state index contributed by atoms with van der Waals surface area (Å²) in [6, 6.07) is 7.34. The molecule has 0 amide bonds. The minimum absolute atomic E-state index is 0.269. The average Bonchev–Trinajstić information content (AvgIpc) is 3.01. The number of imidazole rings is 1. The number of ether oxygens (including phenoxy) is 2. The van der Waals surface area contributed by atoms with E-state index in [4.69, 9.17) is 15.2 Å².